The number of ether oxygens (including phenoxy) is 2. The van der Waals surface area contributed by atoms with E-state index in [9.17, 15) is 14.7 Å². The highest BCUT2D eigenvalue weighted by molar-refractivity contribution is 5.92. The summed E-state index contributed by atoms with van der Waals surface area (Å²) in [5, 5.41) is 11.5. The maximum Gasteiger partial charge on any atom is 0.306 e. The number of quaternary nitrogens is 1. The van der Waals surface area contributed by atoms with Gasteiger partial charge in [0.2, 0.25) is 5.91 Å². The first-order valence-corrected chi connectivity index (χ1v) is 13.7. The summed E-state index contributed by atoms with van der Waals surface area (Å²) < 4.78 is 12.5. The Hall–Kier alpha value is -2.54. The van der Waals surface area contributed by atoms with Gasteiger partial charge in [-0.25, -0.2) is 0 Å². The van der Waals surface area contributed by atoms with Gasteiger partial charge in [-0.05, 0) is 76.5 Å². The van der Waals surface area contributed by atoms with Gasteiger partial charge in [-0.3, -0.25) is 9.59 Å². The average molecular weight is 500 g/mol. The lowest BCUT2D eigenvalue weighted by Gasteiger charge is -2.46. The van der Waals surface area contributed by atoms with Crippen molar-refractivity contribution in [1.82, 2.24) is 4.90 Å². The zero-order chi connectivity index (χ0) is 25.9. The Balaban J connectivity index is 1.69. The molecule has 1 aromatic carbocycles. The van der Waals surface area contributed by atoms with Gasteiger partial charge in [-0.1, -0.05) is 13.8 Å². The van der Waals surface area contributed by atoms with Crippen molar-refractivity contribution in [3.8, 4) is 11.5 Å². The molecule has 3 aliphatic rings. The van der Waals surface area contributed by atoms with Crippen molar-refractivity contribution in [3.05, 3.63) is 29.3 Å². The van der Waals surface area contributed by atoms with E-state index < -0.39 is 11.7 Å². The summed E-state index contributed by atoms with van der Waals surface area (Å²) in [6.45, 7) is 11.4. The molecule has 2 atom stereocenters. The molecule has 0 aromatic heterocycles. The van der Waals surface area contributed by atoms with Crippen molar-refractivity contribution in [2.24, 2.45) is 5.92 Å². The fraction of sp³-hybridized carbons (Fsp3) is 0.655. The number of phenolic OH excluding ortho intramolecular Hbond substituents is 1. The van der Waals surface area contributed by atoms with Crippen molar-refractivity contribution < 1.29 is 29.1 Å². The number of phenols is 1. The number of likely N-dealkylation sites (tertiary alicyclic amines) is 2. The minimum Gasteiger partial charge on any atom is -0.507 e. The van der Waals surface area contributed by atoms with Gasteiger partial charge in [0.05, 0.1) is 18.7 Å². The molecule has 198 valence electrons. The third kappa shape index (κ3) is 5.88. The monoisotopic (exact) mass is 499 g/mol. The Morgan fingerprint density at radius 2 is 1.81 bits per heavy atom. The van der Waals surface area contributed by atoms with Crippen LogP contribution >= 0.6 is 0 Å². The summed E-state index contributed by atoms with van der Waals surface area (Å²) in [5.74, 6) is 0.665. The summed E-state index contributed by atoms with van der Waals surface area (Å²) in [6.07, 6.45) is 9.69. The molecule has 0 unspecified atom stereocenters. The second-order valence-corrected chi connectivity index (χ2v) is 11.5. The average Bonchev–Trinajstić information content (AvgIpc) is 2.84. The molecule has 2 N–H and O–H groups in total. The molecule has 36 heavy (non-hydrogen) atoms. The number of carbonyl (C=O) groups is 2. The van der Waals surface area contributed by atoms with Crippen molar-refractivity contribution in [2.45, 2.75) is 90.4 Å². The number of fused-ring (bicyclic) bond motifs is 1. The van der Waals surface area contributed by atoms with Gasteiger partial charge in [0.25, 0.3) is 0 Å². The standard InChI is InChI=1S/C29H42N2O5/c1-20(2)19-24(33)35-28-26(31-17-9-6-10-18-31)25-22(36-29(28,3)4)13-11-21(27(25)34)12-14-23(32)30-15-7-5-8-16-30/h11-14,20,26,28,34H,5-10,15-19H2,1-4H3/p+1/b14-12+/t26-,28+/m0/s1. The van der Waals surface area contributed by atoms with Crippen LogP contribution in [0, 0.1) is 5.92 Å². The fourth-order valence-corrected chi connectivity index (χ4v) is 5.87. The van der Waals surface area contributed by atoms with E-state index >= 15 is 0 Å². The molecule has 0 bridgehead atoms. The number of benzene rings is 1. The lowest BCUT2D eigenvalue weighted by atomic mass is 9.83. The SMILES string of the molecule is CC(C)CC(=O)O[C@@H]1[C@@H]([NH+]2CCCCC2)c2c(ccc(/C=C/C(=O)N3CCCCC3)c2O)OC1(C)C. The van der Waals surface area contributed by atoms with Crippen LogP contribution in [0.2, 0.25) is 0 Å². The Morgan fingerprint density at radius 1 is 1.14 bits per heavy atom. The number of piperidine rings is 2. The predicted octanol–water partition coefficient (Wildman–Crippen LogP) is 3.66. The molecule has 3 heterocycles. The van der Waals surface area contributed by atoms with Crippen molar-refractivity contribution >= 4 is 18.0 Å². The van der Waals surface area contributed by atoms with E-state index in [1.165, 1.54) is 17.7 Å². The van der Waals surface area contributed by atoms with Gasteiger partial charge in [0.15, 0.2) is 12.1 Å². The van der Waals surface area contributed by atoms with Gasteiger partial charge in [0.1, 0.15) is 17.1 Å². The number of hydrogen-bond acceptors (Lipinski definition) is 5. The highest BCUT2D eigenvalue weighted by atomic mass is 16.6. The number of hydrogen-bond donors (Lipinski definition) is 2. The maximum atomic E-state index is 12.8. The molecule has 0 saturated carbocycles. The fourth-order valence-electron chi connectivity index (χ4n) is 5.87. The number of rotatable bonds is 6. The first-order chi connectivity index (χ1) is 17.2. The molecule has 7 heteroatoms. The van der Waals surface area contributed by atoms with Gasteiger partial charge >= 0.3 is 5.97 Å². The maximum absolute atomic E-state index is 12.8. The summed E-state index contributed by atoms with van der Waals surface area (Å²) >= 11 is 0. The van der Waals surface area contributed by atoms with Crippen molar-refractivity contribution in [1.29, 1.82) is 0 Å². The first kappa shape index (κ1) is 26.5. The van der Waals surface area contributed by atoms with Gasteiger partial charge in [-0.15, -0.1) is 0 Å². The summed E-state index contributed by atoms with van der Waals surface area (Å²) in [7, 11) is 0. The molecule has 2 fully saturated rings. The highest BCUT2D eigenvalue weighted by Crippen LogP contribution is 2.46. The number of carbonyl (C=O) groups excluding carboxylic acids is 2. The Bertz CT molecular complexity index is 974. The van der Waals surface area contributed by atoms with E-state index in [0.29, 0.717) is 23.3 Å². The van der Waals surface area contributed by atoms with E-state index in [1.807, 2.05) is 38.7 Å². The highest BCUT2D eigenvalue weighted by Gasteiger charge is 2.53. The van der Waals surface area contributed by atoms with Crippen molar-refractivity contribution in [2.75, 3.05) is 26.2 Å². The zero-order valence-corrected chi connectivity index (χ0v) is 22.3. The molecule has 1 amide bonds. The van der Waals surface area contributed by atoms with Crippen LogP contribution in [-0.2, 0) is 14.3 Å². The quantitative estimate of drug-likeness (QED) is 0.461. The Labute approximate surface area is 215 Å². The normalized spacial score (nSPS) is 24.4. The summed E-state index contributed by atoms with van der Waals surface area (Å²) in [5.41, 5.74) is 0.514. The largest absolute Gasteiger partial charge is 0.507 e. The van der Waals surface area contributed by atoms with E-state index in [1.54, 1.807) is 18.2 Å². The van der Waals surface area contributed by atoms with E-state index in [2.05, 4.69) is 0 Å². The molecule has 0 aliphatic carbocycles. The van der Waals surface area contributed by atoms with Gasteiger partial charge in [-0.2, -0.15) is 0 Å². The van der Waals surface area contributed by atoms with Crippen LogP contribution < -0.4 is 9.64 Å². The number of aromatic hydroxyl groups is 1. The third-order valence-electron chi connectivity index (χ3n) is 7.72. The van der Waals surface area contributed by atoms with Gasteiger partial charge < -0.3 is 24.4 Å². The number of esters is 1. The summed E-state index contributed by atoms with van der Waals surface area (Å²) in [6, 6.07) is 3.44. The third-order valence-corrected chi connectivity index (χ3v) is 7.72. The predicted molar refractivity (Wildman–Crippen MR) is 139 cm³/mol. The van der Waals surface area contributed by atoms with E-state index in [0.717, 1.165) is 51.9 Å². The van der Waals surface area contributed by atoms with Crippen LogP contribution in [0.25, 0.3) is 6.08 Å². The van der Waals surface area contributed by atoms with Crippen LogP contribution in [-0.4, -0.2) is 59.8 Å². The smallest absolute Gasteiger partial charge is 0.306 e. The lowest BCUT2D eigenvalue weighted by Crippen LogP contribution is -3.14. The molecule has 4 rings (SSSR count). The topological polar surface area (TPSA) is 80.5 Å². The summed E-state index contributed by atoms with van der Waals surface area (Å²) in [4.78, 5) is 28.7. The number of nitrogens with one attached hydrogen (secondary N) is 1. The van der Waals surface area contributed by atoms with Crippen LogP contribution in [0.1, 0.15) is 89.8 Å². The molecule has 7 nitrogen and oxygen atoms in total. The van der Waals surface area contributed by atoms with Crippen LogP contribution in [0.5, 0.6) is 11.5 Å². The molecule has 0 radical (unpaired) electrons. The zero-order valence-electron chi connectivity index (χ0n) is 22.3. The van der Waals surface area contributed by atoms with E-state index in [4.69, 9.17) is 9.47 Å². The Morgan fingerprint density at radius 3 is 2.47 bits per heavy atom. The second-order valence-electron chi connectivity index (χ2n) is 11.5. The molecule has 0 spiro atoms. The van der Waals surface area contributed by atoms with Crippen molar-refractivity contribution in [3.63, 3.8) is 0 Å². The minimum absolute atomic E-state index is 0.0251. The van der Waals surface area contributed by atoms with Crippen LogP contribution in [0.4, 0.5) is 0 Å². The molecule has 2 saturated heterocycles. The first-order valence-electron chi connectivity index (χ1n) is 13.7. The second kappa shape index (κ2) is 11.2. The number of amides is 1. The number of nitrogens with zero attached hydrogens (tertiary/aromatic N) is 1. The van der Waals surface area contributed by atoms with E-state index in [-0.39, 0.29) is 29.6 Å². The minimum atomic E-state index is -0.747. The Kier molecular flexibility index (Phi) is 8.28. The van der Waals surface area contributed by atoms with Crippen LogP contribution in [0.15, 0.2) is 18.2 Å². The van der Waals surface area contributed by atoms with Crippen LogP contribution in [0.3, 0.4) is 0 Å². The molecule has 3 aliphatic heterocycles. The van der Waals surface area contributed by atoms with Gasteiger partial charge in [0, 0.05) is 31.1 Å². The molecular weight excluding hydrogens is 456 g/mol. The lowest BCUT2D eigenvalue weighted by molar-refractivity contribution is -0.941. The molecular formula is C29H43N2O5+. The molecule has 1 aromatic rings.